The number of carbonyl (C=O) groups is 2. The van der Waals surface area contributed by atoms with Gasteiger partial charge >= 0.3 is 12.1 Å². The molecule has 0 atom stereocenters. The van der Waals surface area contributed by atoms with Gasteiger partial charge in [-0.15, -0.1) is 0 Å². The predicted octanol–water partition coefficient (Wildman–Crippen LogP) is 4.27. The highest BCUT2D eigenvalue weighted by atomic mass is 16.5. The largest absolute Gasteiger partial charge is 0.445 e. The van der Waals surface area contributed by atoms with Crippen LogP contribution in [0.5, 0.6) is 5.75 Å². The second kappa shape index (κ2) is 11.7. The summed E-state index contributed by atoms with van der Waals surface area (Å²) >= 11 is 0. The Kier molecular flexibility index (Phi) is 8.43. The minimum atomic E-state index is -0.419. The smallest absolute Gasteiger partial charge is 0.407 e. The summed E-state index contributed by atoms with van der Waals surface area (Å²) in [5.74, 6) is 0.463. The van der Waals surface area contributed by atoms with E-state index in [4.69, 9.17) is 20.6 Å². The summed E-state index contributed by atoms with van der Waals surface area (Å²) in [6.07, 6.45) is 5.99. The van der Waals surface area contributed by atoms with Gasteiger partial charge in [0.1, 0.15) is 18.2 Å². The molecule has 2 aromatic rings. The van der Waals surface area contributed by atoms with Crippen LogP contribution in [0.15, 0.2) is 60.7 Å². The van der Waals surface area contributed by atoms with Gasteiger partial charge in [-0.2, -0.15) is 0 Å². The average Bonchev–Trinajstić information content (AvgIpc) is 2.82. The molecule has 0 saturated heterocycles. The molecule has 0 unspecified atom stereocenters. The molecule has 0 aliphatic heterocycles. The van der Waals surface area contributed by atoms with Gasteiger partial charge < -0.3 is 20.5 Å². The summed E-state index contributed by atoms with van der Waals surface area (Å²) in [6, 6.07) is 16.6. The maximum atomic E-state index is 12.5. The quantitative estimate of drug-likeness (QED) is 0.248. The number of esters is 1. The highest BCUT2D eigenvalue weighted by Gasteiger charge is 2.28. The Bertz CT molecular complexity index is 933. The molecule has 1 aliphatic carbocycles. The summed E-state index contributed by atoms with van der Waals surface area (Å²) in [7, 11) is 0. The number of amides is 1. The summed E-state index contributed by atoms with van der Waals surface area (Å²) in [6.45, 7) is 0.796. The molecule has 0 spiro atoms. The summed E-state index contributed by atoms with van der Waals surface area (Å²) in [5.41, 5.74) is 7.12. The van der Waals surface area contributed by atoms with Gasteiger partial charge in [0.25, 0.3) is 0 Å². The lowest BCUT2D eigenvalue weighted by atomic mass is 9.82. The third-order valence-electron chi connectivity index (χ3n) is 5.48. The van der Waals surface area contributed by atoms with Crippen molar-refractivity contribution < 1.29 is 19.1 Å². The lowest BCUT2D eigenvalue weighted by molar-refractivity contribution is -0.140. The van der Waals surface area contributed by atoms with Crippen molar-refractivity contribution in [3.8, 4) is 5.75 Å². The Balaban J connectivity index is 1.35. The standard InChI is InChI=1S/C25H29N3O4/c26-23(27)15-10-18-8-13-22(14-9-18)32-24(29)21-11-6-19(7-12-21)16-28-25(30)31-17-20-4-2-1-3-5-20/h1-5,8-10,13-15,19,21H,6-7,11-12,16-17H2,(H3,26,27)(H,28,30)/t19-,21-. The topological polar surface area (TPSA) is 115 Å². The van der Waals surface area contributed by atoms with Crippen LogP contribution < -0.4 is 15.8 Å². The van der Waals surface area contributed by atoms with Gasteiger partial charge in [-0.05, 0) is 60.9 Å². The van der Waals surface area contributed by atoms with Crippen molar-refractivity contribution in [2.75, 3.05) is 6.54 Å². The Labute approximate surface area is 188 Å². The molecule has 32 heavy (non-hydrogen) atoms. The van der Waals surface area contributed by atoms with Crippen LogP contribution in [0.3, 0.4) is 0 Å². The Hall–Kier alpha value is -3.61. The minimum absolute atomic E-state index is 0.0182. The Morgan fingerprint density at radius 1 is 1.03 bits per heavy atom. The molecule has 1 amide bonds. The minimum Gasteiger partial charge on any atom is -0.445 e. The van der Waals surface area contributed by atoms with Crippen LogP contribution in [0, 0.1) is 17.2 Å². The second-order valence-electron chi connectivity index (χ2n) is 7.94. The summed E-state index contributed by atoms with van der Waals surface area (Å²) in [5, 5.41) is 10.0. The second-order valence-corrected chi connectivity index (χ2v) is 7.94. The number of benzene rings is 2. The highest BCUT2D eigenvalue weighted by molar-refractivity contribution is 5.92. The van der Waals surface area contributed by atoms with E-state index in [0.29, 0.717) is 18.2 Å². The molecular formula is C25H29N3O4. The predicted molar refractivity (Wildman–Crippen MR) is 123 cm³/mol. The van der Waals surface area contributed by atoms with Crippen LogP contribution in [0.1, 0.15) is 36.8 Å². The van der Waals surface area contributed by atoms with Crippen molar-refractivity contribution in [3.63, 3.8) is 0 Å². The van der Waals surface area contributed by atoms with Crippen LogP contribution in [-0.2, 0) is 16.1 Å². The fourth-order valence-corrected chi connectivity index (χ4v) is 3.64. The molecule has 168 valence electrons. The molecule has 1 aliphatic rings. The van der Waals surface area contributed by atoms with Gasteiger partial charge in [-0.3, -0.25) is 10.2 Å². The zero-order chi connectivity index (χ0) is 22.8. The summed E-state index contributed by atoms with van der Waals surface area (Å²) in [4.78, 5) is 24.4. The van der Waals surface area contributed by atoms with Gasteiger partial charge in [0, 0.05) is 6.54 Å². The molecule has 4 N–H and O–H groups in total. The van der Waals surface area contributed by atoms with Gasteiger partial charge in [0.05, 0.1) is 5.92 Å². The van der Waals surface area contributed by atoms with Gasteiger partial charge in [0.15, 0.2) is 0 Å². The van der Waals surface area contributed by atoms with Gasteiger partial charge in [-0.25, -0.2) is 4.79 Å². The Morgan fingerprint density at radius 2 is 1.72 bits per heavy atom. The number of hydrogen-bond donors (Lipinski definition) is 3. The van der Waals surface area contributed by atoms with Gasteiger partial charge in [0.2, 0.25) is 0 Å². The van der Waals surface area contributed by atoms with Crippen molar-refractivity contribution in [3.05, 3.63) is 71.8 Å². The van der Waals surface area contributed by atoms with Crippen LogP contribution in [0.25, 0.3) is 6.08 Å². The third-order valence-corrected chi connectivity index (χ3v) is 5.48. The third kappa shape index (κ3) is 7.58. The monoisotopic (exact) mass is 435 g/mol. The molecule has 1 saturated carbocycles. The number of carbonyl (C=O) groups excluding carboxylic acids is 2. The molecule has 1 fully saturated rings. The first-order valence-electron chi connectivity index (χ1n) is 10.8. The Morgan fingerprint density at radius 3 is 2.38 bits per heavy atom. The maximum Gasteiger partial charge on any atom is 0.407 e. The number of alkyl carbamates (subject to hydrolysis) is 1. The number of rotatable bonds is 8. The molecule has 3 rings (SSSR count). The van der Waals surface area contributed by atoms with Crippen molar-refractivity contribution in [2.45, 2.75) is 32.3 Å². The van der Waals surface area contributed by atoms with Crippen LogP contribution in [0.2, 0.25) is 0 Å². The maximum absolute atomic E-state index is 12.5. The van der Waals surface area contributed by atoms with Crippen molar-refractivity contribution in [2.24, 2.45) is 17.6 Å². The van der Waals surface area contributed by atoms with E-state index in [0.717, 1.165) is 36.8 Å². The lowest BCUT2D eigenvalue weighted by Gasteiger charge is -2.27. The van der Waals surface area contributed by atoms with Crippen molar-refractivity contribution in [1.29, 1.82) is 5.41 Å². The van der Waals surface area contributed by atoms with E-state index < -0.39 is 6.09 Å². The fraction of sp³-hybridized carbons (Fsp3) is 0.320. The van der Waals surface area contributed by atoms with E-state index in [1.807, 2.05) is 42.5 Å². The molecule has 7 nitrogen and oxygen atoms in total. The molecule has 0 bridgehead atoms. The van der Waals surface area contributed by atoms with Crippen LogP contribution in [-0.4, -0.2) is 24.4 Å². The number of ether oxygens (including phenoxy) is 2. The number of nitrogens with two attached hydrogens (primary N) is 1. The highest BCUT2D eigenvalue weighted by Crippen LogP contribution is 2.30. The normalized spacial score (nSPS) is 18.1. The molecule has 2 aromatic carbocycles. The SMILES string of the molecule is N=C(N)C=Cc1ccc(OC(=O)[C@H]2CC[C@H](CNC(=O)OCc3ccccc3)CC2)cc1. The molecule has 0 aromatic heterocycles. The molecule has 7 heteroatoms. The lowest BCUT2D eigenvalue weighted by Crippen LogP contribution is -2.33. The average molecular weight is 436 g/mol. The summed E-state index contributed by atoms with van der Waals surface area (Å²) < 4.78 is 10.8. The van der Waals surface area contributed by atoms with E-state index in [1.54, 1.807) is 18.2 Å². The number of nitrogens with one attached hydrogen (secondary N) is 2. The van der Waals surface area contributed by atoms with Crippen LogP contribution >= 0.6 is 0 Å². The van der Waals surface area contributed by atoms with E-state index in [9.17, 15) is 9.59 Å². The van der Waals surface area contributed by atoms with Crippen molar-refractivity contribution in [1.82, 2.24) is 5.32 Å². The first-order chi connectivity index (χ1) is 15.5. The molecular weight excluding hydrogens is 406 g/mol. The van der Waals surface area contributed by atoms with E-state index in [2.05, 4.69) is 5.32 Å². The zero-order valence-corrected chi connectivity index (χ0v) is 18.0. The zero-order valence-electron chi connectivity index (χ0n) is 18.0. The van der Waals surface area contributed by atoms with Crippen molar-refractivity contribution >= 4 is 24.0 Å². The van der Waals surface area contributed by atoms with Crippen LogP contribution in [0.4, 0.5) is 4.79 Å². The fourth-order valence-electron chi connectivity index (χ4n) is 3.64. The van der Waals surface area contributed by atoms with Gasteiger partial charge in [-0.1, -0.05) is 48.5 Å². The van der Waals surface area contributed by atoms with E-state index >= 15 is 0 Å². The number of amidine groups is 1. The number of hydrogen-bond acceptors (Lipinski definition) is 5. The first kappa shape index (κ1) is 23.1. The molecule has 0 heterocycles. The van der Waals surface area contributed by atoms with E-state index in [-0.39, 0.29) is 24.3 Å². The molecule has 0 radical (unpaired) electrons. The first-order valence-corrected chi connectivity index (χ1v) is 10.8. The van der Waals surface area contributed by atoms with E-state index in [1.165, 1.54) is 6.08 Å².